The van der Waals surface area contributed by atoms with Crippen molar-refractivity contribution < 1.29 is 15.0 Å². The van der Waals surface area contributed by atoms with Gasteiger partial charge in [0.05, 0.1) is 12.2 Å². The number of amides is 2. The number of benzene rings is 2. The van der Waals surface area contributed by atoms with Crippen LogP contribution in [0.2, 0.25) is 0 Å². The van der Waals surface area contributed by atoms with Crippen LogP contribution in [0, 0.1) is 0 Å². The molecule has 2 aromatic rings. The van der Waals surface area contributed by atoms with Crippen LogP contribution in [-0.2, 0) is 0 Å². The highest BCUT2D eigenvalue weighted by Gasteiger charge is 2.22. The molecule has 1 aliphatic heterocycles. The standard InChI is InChI=1S/C21H27N3O3/c25-19(17-7-3-1-4-8-17)15-23(13-14-24-12-11-22-21(24)27)16-20(26)18-9-5-2-6-10-18/h1-10,19-20,25-26H,11-16H2,(H,22,27)/t19-,20-/m0/s1. The number of aliphatic hydroxyl groups is 2. The summed E-state index contributed by atoms with van der Waals surface area (Å²) >= 11 is 0. The van der Waals surface area contributed by atoms with E-state index in [1.807, 2.05) is 65.6 Å². The molecule has 2 atom stereocenters. The Hall–Kier alpha value is -2.41. The number of nitrogens with zero attached hydrogens (tertiary/aromatic N) is 2. The number of hydrogen-bond donors (Lipinski definition) is 3. The van der Waals surface area contributed by atoms with Crippen LogP contribution in [0.5, 0.6) is 0 Å². The summed E-state index contributed by atoms with van der Waals surface area (Å²) in [5.74, 6) is 0. The molecule has 2 amide bonds. The molecule has 0 aromatic heterocycles. The summed E-state index contributed by atoms with van der Waals surface area (Å²) in [6, 6.07) is 18.9. The van der Waals surface area contributed by atoms with Crippen molar-refractivity contribution in [3.63, 3.8) is 0 Å². The number of rotatable bonds is 9. The number of aliphatic hydroxyl groups excluding tert-OH is 2. The van der Waals surface area contributed by atoms with Crippen LogP contribution < -0.4 is 5.32 Å². The smallest absolute Gasteiger partial charge is 0.317 e. The van der Waals surface area contributed by atoms with Gasteiger partial charge in [-0.05, 0) is 11.1 Å². The van der Waals surface area contributed by atoms with Gasteiger partial charge in [-0.3, -0.25) is 4.90 Å². The van der Waals surface area contributed by atoms with E-state index in [4.69, 9.17) is 0 Å². The minimum absolute atomic E-state index is 0.0536. The normalized spacial score (nSPS) is 16.4. The molecule has 3 N–H and O–H groups in total. The Morgan fingerprint density at radius 2 is 1.44 bits per heavy atom. The first-order valence-corrected chi connectivity index (χ1v) is 9.34. The van der Waals surface area contributed by atoms with Crippen molar-refractivity contribution in [2.75, 3.05) is 39.3 Å². The van der Waals surface area contributed by atoms with E-state index in [0.29, 0.717) is 39.3 Å². The quantitative estimate of drug-likeness (QED) is 0.630. The third-order valence-electron chi connectivity index (χ3n) is 4.86. The number of carbonyl (C=O) groups is 1. The lowest BCUT2D eigenvalue weighted by Crippen LogP contribution is -2.40. The molecule has 0 bridgehead atoms. The predicted molar refractivity (Wildman–Crippen MR) is 104 cm³/mol. The molecule has 3 rings (SSSR count). The molecule has 1 aliphatic rings. The fourth-order valence-corrected chi connectivity index (χ4v) is 3.29. The molecule has 2 aromatic carbocycles. The molecule has 0 radical (unpaired) electrons. The largest absolute Gasteiger partial charge is 0.387 e. The maximum atomic E-state index is 11.8. The van der Waals surface area contributed by atoms with Gasteiger partial charge < -0.3 is 20.4 Å². The number of urea groups is 1. The van der Waals surface area contributed by atoms with Gasteiger partial charge in [-0.15, -0.1) is 0 Å². The minimum atomic E-state index is -0.651. The highest BCUT2D eigenvalue weighted by Crippen LogP contribution is 2.18. The Bertz CT molecular complexity index is 664. The van der Waals surface area contributed by atoms with Crippen molar-refractivity contribution in [3.05, 3.63) is 71.8 Å². The van der Waals surface area contributed by atoms with Gasteiger partial charge in [-0.2, -0.15) is 0 Å². The van der Waals surface area contributed by atoms with E-state index in [1.165, 1.54) is 0 Å². The molecule has 0 aliphatic carbocycles. The van der Waals surface area contributed by atoms with E-state index in [0.717, 1.165) is 11.1 Å². The van der Waals surface area contributed by atoms with Crippen molar-refractivity contribution in [2.24, 2.45) is 0 Å². The van der Waals surface area contributed by atoms with Gasteiger partial charge in [-0.25, -0.2) is 4.79 Å². The van der Waals surface area contributed by atoms with Gasteiger partial charge in [0.25, 0.3) is 0 Å². The summed E-state index contributed by atoms with van der Waals surface area (Å²) in [4.78, 5) is 15.5. The number of nitrogens with one attached hydrogen (secondary N) is 1. The molecule has 144 valence electrons. The van der Waals surface area contributed by atoms with Gasteiger partial charge in [0.1, 0.15) is 0 Å². The van der Waals surface area contributed by atoms with E-state index in [2.05, 4.69) is 5.32 Å². The summed E-state index contributed by atoms with van der Waals surface area (Å²) in [6.45, 7) is 3.29. The zero-order chi connectivity index (χ0) is 19.1. The van der Waals surface area contributed by atoms with E-state index in [1.54, 1.807) is 4.90 Å². The maximum absolute atomic E-state index is 11.8. The summed E-state index contributed by atoms with van der Waals surface area (Å²) in [5.41, 5.74) is 1.69. The third-order valence-corrected chi connectivity index (χ3v) is 4.86. The average Bonchev–Trinajstić information content (AvgIpc) is 3.12. The molecule has 0 saturated carbocycles. The van der Waals surface area contributed by atoms with Gasteiger partial charge >= 0.3 is 6.03 Å². The zero-order valence-electron chi connectivity index (χ0n) is 15.4. The van der Waals surface area contributed by atoms with Gasteiger partial charge in [-0.1, -0.05) is 60.7 Å². The lowest BCUT2D eigenvalue weighted by Gasteiger charge is -2.29. The molecule has 1 fully saturated rings. The fraction of sp³-hybridized carbons (Fsp3) is 0.381. The summed E-state index contributed by atoms with van der Waals surface area (Å²) in [7, 11) is 0. The third kappa shape index (κ3) is 5.53. The van der Waals surface area contributed by atoms with Crippen LogP contribution in [0.4, 0.5) is 4.79 Å². The molecular formula is C21H27N3O3. The fourth-order valence-electron chi connectivity index (χ4n) is 3.29. The van der Waals surface area contributed by atoms with Gasteiger partial charge in [0, 0.05) is 39.3 Å². The first-order valence-electron chi connectivity index (χ1n) is 9.34. The molecular weight excluding hydrogens is 342 g/mol. The summed E-state index contributed by atoms with van der Waals surface area (Å²) in [6.07, 6.45) is -1.30. The van der Waals surface area contributed by atoms with Crippen LogP contribution in [0.3, 0.4) is 0 Å². The van der Waals surface area contributed by atoms with Crippen molar-refractivity contribution in [1.29, 1.82) is 0 Å². The molecule has 1 saturated heterocycles. The molecule has 6 nitrogen and oxygen atoms in total. The predicted octanol–water partition coefficient (Wildman–Crippen LogP) is 1.78. The SMILES string of the molecule is O=C1NCCN1CCN(C[C@H](O)c1ccccc1)C[C@H](O)c1ccccc1. The Kier molecular flexibility index (Phi) is 6.81. The van der Waals surface area contributed by atoms with Crippen molar-refractivity contribution >= 4 is 6.03 Å². The molecule has 1 heterocycles. The molecule has 6 heteroatoms. The zero-order valence-corrected chi connectivity index (χ0v) is 15.4. The second-order valence-electron chi connectivity index (χ2n) is 6.83. The Morgan fingerprint density at radius 3 is 1.89 bits per heavy atom. The second kappa shape index (κ2) is 9.50. The second-order valence-corrected chi connectivity index (χ2v) is 6.83. The monoisotopic (exact) mass is 369 g/mol. The van der Waals surface area contributed by atoms with Crippen LogP contribution in [0.25, 0.3) is 0 Å². The molecule has 0 unspecified atom stereocenters. The van der Waals surface area contributed by atoms with E-state index >= 15 is 0 Å². The van der Waals surface area contributed by atoms with Crippen molar-refractivity contribution in [3.8, 4) is 0 Å². The van der Waals surface area contributed by atoms with Gasteiger partial charge in [0.15, 0.2) is 0 Å². The average molecular weight is 369 g/mol. The summed E-state index contributed by atoms with van der Waals surface area (Å²) < 4.78 is 0. The van der Waals surface area contributed by atoms with E-state index in [9.17, 15) is 15.0 Å². The highest BCUT2D eigenvalue weighted by molar-refractivity contribution is 5.76. The lowest BCUT2D eigenvalue weighted by molar-refractivity contribution is 0.0655. The molecule has 0 spiro atoms. The Balaban J connectivity index is 1.64. The van der Waals surface area contributed by atoms with Crippen molar-refractivity contribution in [1.82, 2.24) is 15.1 Å². The van der Waals surface area contributed by atoms with Crippen LogP contribution in [0.15, 0.2) is 60.7 Å². The summed E-state index contributed by atoms with van der Waals surface area (Å²) in [5, 5.41) is 24.0. The lowest BCUT2D eigenvalue weighted by atomic mass is 10.1. The highest BCUT2D eigenvalue weighted by atomic mass is 16.3. The van der Waals surface area contributed by atoms with Gasteiger partial charge in [0.2, 0.25) is 0 Å². The van der Waals surface area contributed by atoms with Crippen LogP contribution >= 0.6 is 0 Å². The first-order chi connectivity index (χ1) is 13.1. The minimum Gasteiger partial charge on any atom is -0.387 e. The molecule has 27 heavy (non-hydrogen) atoms. The van der Waals surface area contributed by atoms with Crippen LogP contribution in [0.1, 0.15) is 23.3 Å². The Labute approximate surface area is 160 Å². The first kappa shape index (κ1) is 19.4. The maximum Gasteiger partial charge on any atom is 0.317 e. The van der Waals surface area contributed by atoms with E-state index in [-0.39, 0.29) is 6.03 Å². The topological polar surface area (TPSA) is 76.0 Å². The van der Waals surface area contributed by atoms with Crippen molar-refractivity contribution in [2.45, 2.75) is 12.2 Å². The van der Waals surface area contributed by atoms with Crippen LogP contribution in [-0.4, -0.2) is 65.3 Å². The van der Waals surface area contributed by atoms with E-state index < -0.39 is 12.2 Å². The number of carbonyl (C=O) groups excluding carboxylic acids is 1. The Morgan fingerprint density at radius 1 is 0.926 bits per heavy atom. The number of hydrogen-bond acceptors (Lipinski definition) is 4.